The molecule has 5 fully saturated rings. The number of rotatable bonds is 4. The maximum atomic E-state index is 12.9. The van der Waals surface area contributed by atoms with Gasteiger partial charge in [-0.2, -0.15) is 0 Å². The van der Waals surface area contributed by atoms with Crippen molar-refractivity contribution >= 4 is 11.9 Å². The normalized spacial score (nSPS) is 42.1. The van der Waals surface area contributed by atoms with Gasteiger partial charge in [-0.15, -0.1) is 0 Å². The number of amides is 1. The Labute approximate surface area is 143 Å². The lowest BCUT2D eigenvalue weighted by molar-refractivity contribution is -0.200. The van der Waals surface area contributed by atoms with E-state index in [9.17, 15) is 14.7 Å². The van der Waals surface area contributed by atoms with E-state index in [4.69, 9.17) is 4.74 Å². The molecule has 5 rings (SSSR count). The number of aliphatic hydroxyl groups is 1. The van der Waals surface area contributed by atoms with Gasteiger partial charge in [-0.05, 0) is 70.1 Å². The molecule has 0 radical (unpaired) electrons. The molecule has 24 heavy (non-hydrogen) atoms. The Morgan fingerprint density at radius 2 is 1.75 bits per heavy atom. The zero-order valence-electron chi connectivity index (χ0n) is 14.6. The Hall–Kier alpha value is -1.10. The molecule has 134 valence electrons. The lowest BCUT2D eigenvalue weighted by atomic mass is 9.48. The molecule has 0 spiro atoms. The second kappa shape index (κ2) is 5.72. The topological polar surface area (TPSA) is 75.6 Å². The number of carbonyl (C=O) groups excluding carboxylic acids is 2. The van der Waals surface area contributed by atoms with Crippen LogP contribution in [-0.2, 0) is 14.3 Å². The van der Waals surface area contributed by atoms with Crippen molar-refractivity contribution in [2.75, 3.05) is 0 Å². The Bertz CT molecular complexity index is 525. The van der Waals surface area contributed by atoms with E-state index in [2.05, 4.69) is 5.32 Å². The number of ether oxygens (including phenoxy) is 1. The van der Waals surface area contributed by atoms with E-state index in [1.165, 1.54) is 0 Å². The van der Waals surface area contributed by atoms with E-state index in [0.717, 1.165) is 57.8 Å². The third-order valence-corrected chi connectivity index (χ3v) is 6.82. The molecule has 0 saturated heterocycles. The maximum absolute atomic E-state index is 12.9. The van der Waals surface area contributed by atoms with Gasteiger partial charge in [0.1, 0.15) is 0 Å². The van der Waals surface area contributed by atoms with Crippen LogP contribution in [0.4, 0.5) is 0 Å². The van der Waals surface area contributed by atoms with Gasteiger partial charge in [0, 0.05) is 6.04 Å². The molecule has 0 aromatic rings. The van der Waals surface area contributed by atoms with Crippen LogP contribution in [0.25, 0.3) is 0 Å². The van der Waals surface area contributed by atoms with Crippen molar-refractivity contribution in [3.05, 3.63) is 0 Å². The van der Waals surface area contributed by atoms with Gasteiger partial charge in [-0.3, -0.25) is 9.59 Å². The molecule has 0 unspecified atom stereocenters. The highest BCUT2D eigenvalue weighted by Crippen LogP contribution is 2.62. The smallest absolute Gasteiger partial charge is 0.312 e. The Morgan fingerprint density at radius 1 is 1.12 bits per heavy atom. The van der Waals surface area contributed by atoms with Crippen molar-refractivity contribution in [3.8, 4) is 0 Å². The lowest BCUT2D eigenvalue weighted by Gasteiger charge is -2.58. The fourth-order valence-corrected chi connectivity index (χ4v) is 6.18. The van der Waals surface area contributed by atoms with Crippen molar-refractivity contribution in [1.29, 1.82) is 0 Å². The fourth-order valence-electron chi connectivity index (χ4n) is 6.18. The molecule has 0 aromatic carbocycles. The first kappa shape index (κ1) is 16.4. The summed E-state index contributed by atoms with van der Waals surface area (Å²) in [5.74, 6) is 0.431. The summed E-state index contributed by atoms with van der Waals surface area (Å²) in [4.78, 5) is 25.2. The SMILES string of the molecule is C[C@@H](OC(=O)C12C[C@H]3C[C@@H](CC(O)(C3)C1)C2)C(=O)NC1CCCC1. The van der Waals surface area contributed by atoms with E-state index in [1.54, 1.807) is 6.92 Å². The van der Waals surface area contributed by atoms with Crippen molar-refractivity contribution in [2.45, 2.75) is 88.9 Å². The molecule has 5 aliphatic rings. The van der Waals surface area contributed by atoms with Crippen LogP contribution in [0.5, 0.6) is 0 Å². The zero-order chi connectivity index (χ0) is 16.9. The van der Waals surface area contributed by atoms with E-state index < -0.39 is 17.1 Å². The summed E-state index contributed by atoms with van der Waals surface area (Å²) in [6.07, 6.45) is 8.56. The summed E-state index contributed by atoms with van der Waals surface area (Å²) in [6.45, 7) is 1.66. The lowest BCUT2D eigenvalue weighted by Crippen LogP contribution is -2.59. The number of carbonyl (C=O) groups is 2. The molecule has 0 aliphatic heterocycles. The van der Waals surface area contributed by atoms with Crippen LogP contribution >= 0.6 is 0 Å². The maximum Gasteiger partial charge on any atom is 0.312 e. The first-order valence-corrected chi connectivity index (χ1v) is 9.61. The van der Waals surface area contributed by atoms with Gasteiger partial charge < -0.3 is 15.2 Å². The predicted molar refractivity (Wildman–Crippen MR) is 88.0 cm³/mol. The molecule has 0 heterocycles. The predicted octanol–water partition coefficient (Wildman–Crippen LogP) is 2.31. The highest BCUT2D eigenvalue weighted by molar-refractivity contribution is 5.85. The molecule has 5 saturated carbocycles. The largest absolute Gasteiger partial charge is 0.452 e. The molecule has 1 amide bonds. The second-order valence-electron chi connectivity index (χ2n) is 9.00. The van der Waals surface area contributed by atoms with Gasteiger partial charge in [0.25, 0.3) is 5.91 Å². The number of nitrogens with one attached hydrogen (secondary N) is 1. The average molecular weight is 335 g/mol. The standard InChI is InChI=1S/C19H29NO4/c1-12(16(21)20-15-4-2-3-5-15)24-17(22)18-7-13-6-14(8-18)10-19(23,9-13)11-18/h12-15,23H,2-11H2,1H3,(H,20,21)/t12-,13-,14-,18?,19?/m1/s1. The van der Waals surface area contributed by atoms with Crippen LogP contribution in [0.3, 0.4) is 0 Å². The van der Waals surface area contributed by atoms with Crippen molar-refractivity contribution in [2.24, 2.45) is 17.3 Å². The Kier molecular flexibility index (Phi) is 3.90. The highest BCUT2D eigenvalue weighted by Gasteiger charge is 2.61. The van der Waals surface area contributed by atoms with Crippen molar-refractivity contribution < 1.29 is 19.4 Å². The van der Waals surface area contributed by atoms with Gasteiger partial charge in [0.05, 0.1) is 11.0 Å². The van der Waals surface area contributed by atoms with Gasteiger partial charge in [0.2, 0.25) is 0 Å². The average Bonchev–Trinajstić information content (AvgIpc) is 2.97. The van der Waals surface area contributed by atoms with Crippen LogP contribution in [-0.4, -0.2) is 34.7 Å². The second-order valence-corrected chi connectivity index (χ2v) is 9.00. The fraction of sp³-hybridized carbons (Fsp3) is 0.895. The van der Waals surface area contributed by atoms with Crippen LogP contribution in [0.2, 0.25) is 0 Å². The number of hydrogen-bond acceptors (Lipinski definition) is 4. The van der Waals surface area contributed by atoms with E-state index in [-0.39, 0.29) is 17.9 Å². The molecule has 2 N–H and O–H groups in total. The van der Waals surface area contributed by atoms with Crippen LogP contribution < -0.4 is 5.32 Å². The van der Waals surface area contributed by atoms with E-state index >= 15 is 0 Å². The first-order chi connectivity index (χ1) is 11.4. The van der Waals surface area contributed by atoms with Crippen LogP contribution in [0.1, 0.15) is 71.1 Å². The van der Waals surface area contributed by atoms with E-state index in [0.29, 0.717) is 18.3 Å². The summed E-state index contributed by atoms with van der Waals surface area (Å²) >= 11 is 0. The summed E-state index contributed by atoms with van der Waals surface area (Å²) in [7, 11) is 0. The first-order valence-electron chi connectivity index (χ1n) is 9.61. The van der Waals surface area contributed by atoms with Gasteiger partial charge in [-0.25, -0.2) is 0 Å². The van der Waals surface area contributed by atoms with Gasteiger partial charge in [-0.1, -0.05) is 12.8 Å². The molecular formula is C19H29NO4. The van der Waals surface area contributed by atoms with E-state index in [1.807, 2.05) is 0 Å². The zero-order valence-corrected chi connectivity index (χ0v) is 14.6. The molecule has 3 atom stereocenters. The van der Waals surface area contributed by atoms with Crippen molar-refractivity contribution in [1.82, 2.24) is 5.32 Å². The Balaban J connectivity index is 1.39. The molecule has 0 aromatic heterocycles. The quantitative estimate of drug-likeness (QED) is 0.773. The van der Waals surface area contributed by atoms with Gasteiger partial charge >= 0.3 is 5.97 Å². The van der Waals surface area contributed by atoms with Crippen LogP contribution in [0, 0.1) is 17.3 Å². The minimum absolute atomic E-state index is 0.182. The van der Waals surface area contributed by atoms with Crippen molar-refractivity contribution in [3.63, 3.8) is 0 Å². The molecule has 5 nitrogen and oxygen atoms in total. The highest BCUT2D eigenvalue weighted by atomic mass is 16.5. The summed E-state index contributed by atoms with van der Waals surface area (Å²) < 4.78 is 5.59. The number of esters is 1. The van der Waals surface area contributed by atoms with Crippen LogP contribution in [0.15, 0.2) is 0 Å². The summed E-state index contributed by atoms with van der Waals surface area (Å²) in [5, 5.41) is 13.8. The molecule has 4 bridgehead atoms. The molecular weight excluding hydrogens is 306 g/mol. The molecule has 5 heteroatoms. The summed E-state index contributed by atoms with van der Waals surface area (Å²) in [5.41, 5.74) is -1.24. The Morgan fingerprint density at radius 3 is 2.33 bits per heavy atom. The minimum Gasteiger partial charge on any atom is -0.452 e. The third-order valence-electron chi connectivity index (χ3n) is 6.82. The minimum atomic E-state index is -0.749. The van der Waals surface area contributed by atoms with Gasteiger partial charge in [0.15, 0.2) is 6.10 Å². The number of hydrogen-bond donors (Lipinski definition) is 2. The monoisotopic (exact) mass is 335 g/mol. The molecule has 5 aliphatic carbocycles. The third kappa shape index (κ3) is 2.85. The summed E-state index contributed by atoms with van der Waals surface area (Å²) in [6, 6.07) is 0.235.